The molecular weight excluding hydrogens is 357 g/mol. The molecule has 2 aromatic carbocycles. The van der Waals surface area contributed by atoms with Crippen LogP contribution in [0.2, 0.25) is 10.0 Å². The van der Waals surface area contributed by atoms with E-state index in [4.69, 9.17) is 23.2 Å². The molecule has 1 unspecified atom stereocenters. The quantitative estimate of drug-likeness (QED) is 0.730. The molecule has 0 fully saturated rings. The van der Waals surface area contributed by atoms with Gasteiger partial charge in [-0.1, -0.05) is 41.4 Å². The molecule has 2 aromatic rings. The van der Waals surface area contributed by atoms with Gasteiger partial charge in [-0.3, -0.25) is 0 Å². The maximum absolute atomic E-state index is 6.43. The van der Waals surface area contributed by atoms with Crippen LogP contribution in [0.5, 0.6) is 0 Å². The van der Waals surface area contributed by atoms with Crippen LogP contribution < -0.4 is 5.32 Å². The van der Waals surface area contributed by atoms with Gasteiger partial charge in [-0.05, 0) is 71.2 Å². The lowest BCUT2D eigenvalue weighted by Gasteiger charge is -2.22. The van der Waals surface area contributed by atoms with E-state index < -0.39 is 0 Å². The Bertz CT molecular complexity index is 641. The molecule has 20 heavy (non-hydrogen) atoms. The third-order valence-electron chi connectivity index (χ3n) is 3.44. The van der Waals surface area contributed by atoms with E-state index in [-0.39, 0.29) is 6.04 Å². The first kappa shape index (κ1) is 15.8. The zero-order valence-electron chi connectivity index (χ0n) is 11.6. The molecule has 1 nitrogen and oxygen atoms in total. The first-order chi connectivity index (χ1) is 9.45. The molecule has 0 aromatic heterocycles. The summed E-state index contributed by atoms with van der Waals surface area (Å²) < 4.78 is 0.903. The molecule has 0 aliphatic carbocycles. The van der Waals surface area contributed by atoms with Gasteiger partial charge < -0.3 is 5.32 Å². The summed E-state index contributed by atoms with van der Waals surface area (Å²) in [6, 6.07) is 10.1. The van der Waals surface area contributed by atoms with Crippen molar-refractivity contribution in [1.82, 2.24) is 5.32 Å². The Morgan fingerprint density at radius 1 is 1.05 bits per heavy atom. The van der Waals surface area contributed by atoms with Crippen molar-refractivity contribution >= 4 is 39.1 Å². The van der Waals surface area contributed by atoms with Crippen LogP contribution in [0.15, 0.2) is 34.8 Å². The maximum Gasteiger partial charge on any atom is 0.0599 e. The normalized spacial score (nSPS) is 12.5. The highest BCUT2D eigenvalue weighted by Crippen LogP contribution is 2.35. The van der Waals surface area contributed by atoms with Crippen molar-refractivity contribution in [2.24, 2.45) is 0 Å². The first-order valence-electron chi connectivity index (χ1n) is 6.33. The summed E-state index contributed by atoms with van der Waals surface area (Å²) in [7, 11) is 1.94. The molecule has 0 aliphatic rings. The smallest absolute Gasteiger partial charge is 0.0599 e. The Balaban J connectivity index is 2.58. The second-order valence-corrected chi connectivity index (χ2v) is 6.46. The number of hydrogen-bond donors (Lipinski definition) is 1. The molecule has 1 atom stereocenters. The fourth-order valence-electron chi connectivity index (χ4n) is 2.34. The predicted octanol–water partition coefficient (Wildman–Crippen LogP) is 5.68. The van der Waals surface area contributed by atoms with Crippen LogP contribution in [-0.2, 0) is 0 Å². The van der Waals surface area contributed by atoms with E-state index in [0.29, 0.717) is 0 Å². The van der Waals surface area contributed by atoms with E-state index in [1.165, 1.54) is 5.56 Å². The van der Waals surface area contributed by atoms with Crippen LogP contribution in [-0.4, -0.2) is 7.05 Å². The molecule has 0 spiro atoms. The van der Waals surface area contributed by atoms with Crippen LogP contribution in [0.25, 0.3) is 0 Å². The molecule has 0 bridgehead atoms. The van der Waals surface area contributed by atoms with E-state index in [0.717, 1.165) is 31.2 Å². The SMILES string of the molecule is CNC(c1cc(C)c(Cl)cc1C)c1cccc(Br)c1Cl. The Kier molecular flexibility index (Phi) is 5.14. The minimum atomic E-state index is 0.0379. The topological polar surface area (TPSA) is 12.0 Å². The van der Waals surface area contributed by atoms with Gasteiger partial charge in [0.05, 0.1) is 11.1 Å². The van der Waals surface area contributed by atoms with Gasteiger partial charge in [0, 0.05) is 9.50 Å². The van der Waals surface area contributed by atoms with E-state index in [1.54, 1.807) is 0 Å². The molecule has 0 saturated heterocycles. The molecular formula is C16H16BrCl2N. The third kappa shape index (κ3) is 3.04. The van der Waals surface area contributed by atoms with Gasteiger partial charge in [-0.25, -0.2) is 0 Å². The van der Waals surface area contributed by atoms with Crippen molar-refractivity contribution in [3.63, 3.8) is 0 Å². The minimum Gasteiger partial charge on any atom is -0.309 e. The van der Waals surface area contributed by atoms with Gasteiger partial charge in [0.1, 0.15) is 0 Å². The van der Waals surface area contributed by atoms with Gasteiger partial charge in [-0.2, -0.15) is 0 Å². The van der Waals surface area contributed by atoms with E-state index in [2.05, 4.69) is 34.2 Å². The second kappa shape index (κ2) is 6.48. The van der Waals surface area contributed by atoms with Crippen molar-refractivity contribution < 1.29 is 0 Å². The van der Waals surface area contributed by atoms with Crippen LogP contribution >= 0.6 is 39.1 Å². The second-order valence-electron chi connectivity index (χ2n) is 4.82. The van der Waals surface area contributed by atoms with Gasteiger partial charge in [0.2, 0.25) is 0 Å². The number of halogens is 3. The average Bonchev–Trinajstić information content (AvgIpc) is 2.41. The van der Waals surface area contributed by atoms with E-state index in [9.17, 15) is 0 Å². The van der Waals surface area contributed by atoms with Crippen molar-refractivity contribution in [2.75, 3.05) is 7.05 Å². The fraction of sp³-hybridized carbons (Fsp3) is 0.250. The van der Waals surface area contributed by atoms with Gasteiger partial charge >= 0.3 is 0 Å². The van der Waals surface area contributed by atoms with Crippen LogP contribution in [0.3, 0.4) is 0 Å². The summed E-state index contributed by atoms with van der Waals surface area (Å²) >= 11 is 16.1. The number of aryl methyl sites for hydroxylation is 2. The van der Waals surface area contributed by atoms with E-state index in [1.807, 2.05) is 38.2 Å². The Morgan fingerprint density at radius 3 is 2.40 bits per heavy atom. The van der Waals surface area contributed by atoms with Crippen LogP contribution in [0, 0.1) is 13.8 Å². The van der Waals surface area contributed by atoms with Crippen LogP contribution in [0.1, 0.15) is 28.3 Å². The van der Waals surface area contributed by atoms with Crippen molar-refractivity contribution in [1.29, 1.82) is 0 Å². The number of hydrogen-bond acceptors (Lipinski definition) is 1. The van der Waals surface area contributed by atoms with Crippen LogP contribution in [0.4, 0.5) is 0 Å². The summed E-state index contributed by atoms with van der Waals surface area (Å²) in [5.41, 5.74) is 4.46. The lowest BCUT2D eigenvalue weighted by atomic mass is 9.93. The molecule has 0 radical (unpaired) electrons. The highest BCUT2D eigenvalue weighted by atomic mass is 79.9. The summed E-state index contributed by atoms with van der Waals surface area (Å²) in [4.78, 5) is 0. The average molecular weight is 373 g/mol. The Morgan fingerprint density at radius 2 is 1.75 bits per heavy atom. The highest BCUT2D eigenvalue weighted by Gasteiger charge is 2.19. The lowest BCUT2D eigenvalue weighted by molar-refractivity contribution is 0.687. The summed E-state index contributed by atoms with van der Waals surface area (Å²) in [5, 5.41) is 4.87. The summed E-state index contributed by atoms with van der Waals surface area (Å²) in [6.45, 7) is 4.08. The number of nitrogens with one attached hydrogen (secondary N) is 1. The fourth-order valence-corrected chi connectivity index (χ4v) is 3.17. The van der Waals surface area contributed by atoms with Crippen molar-refractivity contribution in [2.45, 2.75) is 19.9 Å². The molecule has 106 valence electrons. The Hall–Kier alpha value is -0.540. The van der Waals surface area contributed by atoms with E-state index >= 15 is 0 Å². The number of rotatable bonds is 3. The van der Waals surface area contributed by atoms with Gasteiger partial charge in [-0.15, -0.1) is 0 Å². The molecule has 0 amide bonds. The van der Waals surface area contributed by atoms with Gasteiger partial charge in [0.25, 0.3) is 0 Å². The van der Waals surface area contributed by atoms with Gasteiger partial charge in [0.15, 0.2) is 0 Å². The van der Waals surface area contributed by atoms with Crippen molar-refractivity contribution in [3.05, 3.63) is 67.1 Å². The minimum absolute atomic E-state index is 0.0379. The zero-order chi connectivity index (χ0) is 14.9. The highest BCUT2D eigenvalue weighted by molar-refractivity contribution is 9.10. The summed E-state index contributed by atoms with van der Waals surface area (Å²) in [6.07, 6.45) is 0. The molecule has 0 aliphatic heterocycles. The number of benzene rings is 2. The third-order valence-corrected chi connectivity index (χ3v) is 5.16. The maximum atomic E-state index is 6.43. The molecule has 4 heteroatoms. The van der Waals surface area contributed by atoms with Crippen molar-refractivity contribution in [3.8, 4) is 0 Å². The lowest BCUT2D eigenvalue weighted by Crippen LogP contribution is -2.19. The zero-order valence-corrected chi connectivity index (χ0v) is 14.7. The molecule has 1 N–H and O–H groups in total. The summed E-state index contributed by atoms with van der Waals surface area (Å²) in [5.74, 6) is 0. The Labute approximate surface area is 138 Å². The standard InChI is InChI=1S/C16H16BrCl2N/c1-9-8-14(18)10(2)7-12(9)16(20-3)11-5-4-6-13(17)15(11)19/h4-8,16,20H,1-3H3. The molecule has 2 rings (SSSR count). The first-order valence-corrected chi connectivity index (χ1v) is 7.88. The molecule has 0 saturated carbocycles. The monoisotopic (exact) mass is 371 g/mol. The molecule has 0 heterocycles. The predicted molar refractivity (Wildman–Crippen MR) is 91.0 cm³/mol. The largest absolute Gasteiger partial charge is 0.309 e.